The standard InChI is InChI=1S/C45H75NO7/c1-10-13-14-15-16-17-18-19-20-21-22-23-24-25-26-28-41(47)51-34-37(36-53-43(49)50-30-27-29-46(11-2)12-3)35-52-42(48)38-31-39(44(4,5)6)33-40(32-38)45(7,8)9/h16-17,19-20,31-33,37H,10-15,18,21-30,34-36H2,1-9H3/b17-16-,20-19-. The van der Waals surface area contributed by atoms with Crippen LogP contribution in [0.25, 0.3) is 0 Å². The third-order valence-electron chi connectivity index (χ3n) is 9.33. The van der Waals surface area contributed by atoms with Crippen molar-refractivity contribution in [3.8, 4) is 0 Å². The van der Waals surface area contributed by atoms with Gasteiger partial charge in [-0.25, -0.2) is 9.59 Å². The number of nitrogens with zero attached hydrogens (tertiary/aromatic N) is 1. The Balaban J connectivity index is 2.63. The van der Waals surface area contributed by atoms with Gasteiger partial charge in [0.2, 0.25) is 0 Å². The van der Waals surface area contributed by atoms with Gasteiger partial charge in [0, 0.05) is 13.0 Å². The number of benzene rings is 1. The van der Waals surface area contributed by atoms with Crippen molar-refractivity contribution in [1.82, 2.24) is 4.90 Å². The summed E-state index contributed by atoms with van der Waals surface area (Å²) in [6.45, 7) is 21.9. The van der Waals surface area contributed by atoms with Crippen LogP contribution in [0.1, 0.15) is 167 Å². The molecule has 0 bridgehead atoms. The number of ether oxygens (including phenoxy) is 4. The van der Waals surface area contributed by atoms with E-state index in [9.17, 15) is 14.4 Å². The lowest BCUT2D eigenvalue weighted by atomic mass is 9.79. The summed E-state index contributed by atoms with van der Waals surface area (Å²) < 4.78 is 22.0. The molecule has 0 spiro atoms. The highest BCUT2D eigenvalue weighted by Gasteiger charge is 2.24. The monoisotopic (exact) mass is 742 g/mol. The zero-order valence-corrected chi connectivity index (χ0v) is 35.1. The van der Waals surface area contributed by atoms with Crippen LogP contribution in [0, 0.1) is 5.92 Å². The van der Waals surface area contributed by atoms with E-state index in [4.69, 9.17) is 18.9 Å². The van der Waals surface area contributed by atoms with Gasteiger partial charge in [0.15, 0.2) is 0 Å². The van der Waals surface area contributed by atoms with Gasteiger partial charge in [-0.2, -0.15) is 0 Å². The number of carbonyl (C=O) groups excluding carboxylic acids is 3. The summed E-state index contributed by atoms with van der Waals surface area (Å²) in [5.74, 6) is -1.32. The Kier molecular flexibility index (Phi) is 24.8. The molecule has 0 aliphatic heterocycles. The average Bonchev–Trinajstić information content (AvgIpc) is 3.11. The zero-order chi connectivity index (χ0) is 39.5. The first kappa shape index (κ1) is 47.9. The van der Waals surface area contributed by atoms with Crippen LogP contribution in [0.2, 0.25) is 0 Å². The van der Waals surface area contributed by atoms with Crippen LogP contribution in [-0.4, -0.2) is 69.1 Å². The van der Waals surface area contributed by atoms with E-state index in [0.29, 0.717) is 18.4 Å². The van der Waals surface area contributed by atoms with Gasteiger partial charge in [-0.15, -0.1) is 0 Å². The van der Waals surface area contributed by atoms with Gasteiger partial charge in [0.1, 0.15) is 19.8 Å². The number of allylic oxidation sites excluding steroid dienone is 4. The Hall–Kier alpha value is -3.13. The summed E-state index contributed by atoms with van der Waals surface area (Å²) in [6, 6.07) is 5.91. The maximum absolute atomic E-state index is 13.4. The van der Waals surface area contributed by atoms with E-state index in [0.717, 1.165) is 75.7 Å². The highest BCUT2D eigenvalue weighted by atomic mass is 16.7. The SMILES string of the molecule is CCCCC/C=C\C/C=C\CCCCCCCC(=O)OCC(COC(=O)OCCCN(CC)CC)COC(=O)c1cc(C(C)(C)C)cc(C(C)(C)C)c1. The molecule has 53 heavy (non-hydrogen) atoms. The summed E-state index contributed by atoms with van der Waals surface area (Å²) in [5, 5.41) is 0. The topological polar surface area (TPSA) is 91.4 Å². The summed E-state index contributed by atoms with van der Waals surface area (Å²) in [7, 11) is 0. The summed E-state index contributed by atoms with van der Waals surface area (Å²) in [5.41, 5.74) is 2.24. The molecule has 1 aromatic carbocycles. The molecule has 1 aromatic rings. The molecule has 8 heteroatoms. The third-order valence-corrected chi connectivity index (χ3v) is 9.33. The van der Waals surface area contributed by atoms with Gasteiger partial charge in [0.25, 0.3) is 0 Å². The number of carbonyl (C=O) groups is 3. The molecule has 0 aliphatic rings. The summed E-state index contributed by atoms with van der Waals surface area (Å²) in [4.78, 5) is 40.6. The molecule has 0 saturated heterocycles. The van der Waals surface area contributed by atoms with Crippen molar-refractivity contribution in [2.24, 2.45) is 5.92 Å². The minimum atomic E-state index is -0.787. The fourth-order valence-electron chi connectivity index (χ4n) is 5.61. The fraction of sp³-hybridized carbons (Fsp3) is 0.711. The number of hydrogen-bond donors (Lipinski definition) is 0. The number of rotatable bonds is 27. The molecular formula is C45H75NO7. The molecule has 0 heterocycles. The van der Waals surface area contributed by atoms with Crippen molar-refractivity contribution < 1.29 is 33.3 Å². The van der Waals surface area contributed by atoms with Crippen molar-refractivity contribution in [3.63, 3.8) is 0 Å². The molecule has 0 aliphatic carbocycles. The minimum absolute atomic E-state index is 0.0309. The second kappa shape index (κ2) is 27.5. The van der Waals surface area contributed by atoms with E-state index in [1.165, 1.54) is 25.7 Å². The van der Waals surface area contributed by atoms with Crippen LogP contribution in [0.15, 0.2) is 42.5 Å². The quantitative estimate of drug-likeness (QED) is 0.0381. The van der Waals surface area contributed by atoms with Gasteiger partial charge in [0.05, 0.1) is 18.1 Å². The van der Waals surface area contributed by atoms with Crippen molar-refractivity contribution in [3.05, 3.63) is 59.2 Å². The van der Waals surface area contributed by atoms with Crippen LogP contribution < -0.4 is 0 Å². The van der Waals surface area contributed by atoms with E-state index in [1.54, 1.807) is 0 Å². The minimum Gasteiger partial charge on any atom is -0.465 e. The van der Waals surface area contributed by atoms with Crippen molar-refractivity contribution in [2.45, 2.75) is 157 Å². The molecule has 0 N–H and O–H groups in total. The van der Waals surface area contributed by atoms with E-state index < -0.39 is 18.0 Å². The van der Waals surface area contributed by atoms with E-state index in [-0.39, 0.29) is 43.2 Å². The zero-order valence-electron chi connectivity index (χ0n) is 35.1. The molecule has 1 rings (SSSR count). The summed E-state index contributed by atoms with van der Waals surface area (Å²) in [6.07, 6.45) is 21.5. The molecule has 8 nitrogen and oxygen atoms in total. The Morgan fingerprint density at radius 3 is 1.77 bits per heavy atom. The fourth-order valence-corrected chi connectivity index (χ4v) is 5.61. The molecule has 0 aromatic heterocycles. The highest BCUT2D eigenvalue weighted by molar-refractivity contribution is 5.90. The van der Waals surface area contributed by atoms with Gasteiger partial charge in [-0.05, 0) is 92.1 Å². The second-order valence-electron chi connectivity index (χ2n) is 16.2. The third kappa shape index (κ3) is 23.3. The predicted molar refractivity (Wildman–Crippen MR) is 218 cm³/mol. The maximum Gasteiger partial charge on any atom is 0.508 e. The predicted octanol–water partition coefficient (Wildman–Crippen LogP) is 11.3. The van der Waals surface area contributed by atoms with E-state index in [1.807, 2.05) is 12.1 Å². The molecule has 0 fully saturated rings. The first-order chi connectivity index (χ1) is 25.2. The first-order valence-corrected chi connectivity index (χ1v) is 20.5. The number of esters is 2. The smallest absolute Gasteiger partial charge is 0.465 e. The van der Waals surface area contributed by atoms with Crippen LogP contribution in [0.5, 0.6) is 0 Å². The Bertz CT molecular complexity index is 1190. The second-order valence-corrected chi connectivity index (χ2v) is 16.2. The van der Waals surface area contributed by atoms with E-state index >= 15 is 0 Å². The van der Waals surface area contributed by atoms with Crippen molar-refractivity contribution in [2.75, 3.05) is 46.1 Å². The molecule has 1 unspecified atom stereocenters. The van der Waals surface area contributed by atoms with Gasteiger partial charge >= 0.3 is 18.1 Å². The molecule has 0 saturated carbocycles. The lowest BCUT2D eigenvalue weighted by Crippen LogP contribution is -2.27. The maximum atomic E-state index is 13.4. The average molecular weight is 742 g/mol. The van der Waals surface area contributed by atoms with Crippen LogP contribution in [-0.2, 0) is 34.6 Å². The highest BCUT2D eigenvalue weighted by Crippen LogP contribution is 2.30. The first-order valence-electron chi connectivity index (χ1n) is 20.5. The molecule has 302 valence electrons. The largest absolute Gasteiger partial charge is 0.508 e. The van der Waals surface area contributed by atoms with Crippen LogP contribution in [0.3, 0.4) is 0 Å². The molecule has 0 amide bonds. The molecule has 1 atom stereocenters. The van der Waals surface area contributed by atoms with Crippen molar-refractivity contribution >= 4 is 18.1 Å². The number of unbranched alkanes of at least 4 members (excludes halogenated alkanes) is 8. The summed E-state index contributed by atoms with van der Waals surface area (Å²) >= 11 is 0. The Morgan fingerprint density at radius 1 is 0.642 bits per heavy atom. The van der Waals surface area contributed by atoms with Crippen LogP contribution in [0.4, 0.5) is 4.79 Å². The van der Waals surface area contributed by atoms with Crippen molar-refractivity contribution in [1.29, 1.82) is 0 Å². The van der Waals surface area contributed by atoms with Gasteiger partial charge in [-0.1, -0.05) is 125 Å². The Morgan fingerprint density at radius 2 is 1.19 bits per heavy atom. The molecule has 0 radical (unpaired) electrons. The van der Waals surface area contributed by atoms with E-state index in [2.05, 4.69) is 97.6 Å². The Labute approximate surface area is 323 Å². The van der Waals surface area contributed by atoms with Gasteiger partial charge in [-0.3, -0.25) is 4.79 Å². The lowest BCUT2D eigenvalue weighted by molar-refractivity contribution is -0.146. The number of hydrogen-bond acceptors (Lipinski definition) is 8. The van der Waals surface area contributed by atoms with Gasteiger partial charge < -0.3 is 23.8 Å². The lowest BCUT2D eigenvalue weighted by Gasteiger charge is -2.26. The van der Waals surface area contributed by atoms with Crippen LogP contribution >= 0.6 is 0 Å². The normalized spacial score (nSPS) is 12.8. The molecular weight excluding hydrogens is 666 g/mol.